The fourth-order valence-corrected chi connectivity index (χ4v) is 2.49. The number of aryl methyl sites for hydroxylation is 1. The van der Waals surface area contributed by atoms with Crippen LogP contribution in [0.3, 0.4) is 0 Å². The first-order valence-electron chi connectivity index (χ1n) is 8.66. The van der Waals surface area contributed by atoms with Crippen LogP contribution in [0, 0.1) is 12.7 Å². The van der Waals surface area contributed by atoms with Crippen molar-refractivity contribution in [1.29, 1.82) is 0 Å². The van der Waals surface area contributed by atoms with Gasteiger partial charge in [0.1, 0.15) is 11.6 Å². The van der Waals surface area contributed by atoms with Crippen LogP contribution in [0.1, 0.15) is 15.9 Å². The van der Waals surface area contributed by atoms with E-state index >= 15 is 0 Å². The van der Waals surface area contributed by atoms with E-state index in [1.54, 1.807) is 24.3 Å². The molecular weight excluding hydrogens is 359 g/mol. The standard InChI is InChI=1S/C22H19FN2O3/c1-15-4-2-3-5-20(15)25-22(27)16-6-12-19(13-7-16)28-14-21(26)24-18-10-8-17(23)9-11-18/h2-13H,14H2,1H3,(H,24,26)(H,25,27). The molecule has 3 aromatic carbocycles. The van der Waals surface area contributed by atoms with Crippen molar-refractivity contribution in [1.82, 2.24) is 0 Å². The number of hydrogen-bond acceptors (Lipinski definition) is 3. The van der Waals surface area contributed by atoms with Gasteiger partial charge < -0.3 is 15.4 Å². The van der Waals surface area contributed by atoms with Crippen molar-refractivity contribution in [2.75, 3.05) is 17.2 Å². The Kier molecular flexibility index (Phi) is 6.01. The van der Waals surface area contributed by atoms with Gasteiger partial charge in [-0.15, -0.1) is 0 Å². The maximum absolute atomic E-state index is 12.9. The molecule has 0 saturated heterocycles. The zero-order valence-electron chi connectivity index (χ0n) is 15.2. The quantitative estimate of drug-likeness (QED) is 0.668. The molecule has 0 unspecified atom stereocenters. The Bertz CT molecular complexity index is 970. The number of amides is 2. The summed E-state index contributed by atoms with van der Waals surface area (Å²) < 4.78 is 18.3. The molecule has 28 heavy (non-hydrogen) atoms. The van der Waals surface area contributed by atoms with Crippen LogP contribution in [0.25, 0.3) is 0 Å². The molecule has 0 spiro atoms. The molecule has 0 aliphatic rings. The van der Waals surface area contributed by atoms with Gasteiger partial charge in [0.25, 0.3) is 11.8 Å². The van der Waals surface area contributed by atoms with Crippen molar-refractivity contribution >= 4 is 23.2 Å². The number of carbonyl (C=O) groups excluding carboxylic acids is 2. The van der Waals surface area contributed by atoms with Gasteiger partial charge >= 0.3 is 0 Å². The van der Waals surface area contributed by atoms with Crippen LogP contribution in [-0.4, -0.2) is 18.4 Å². The SMILES string of the molecule is Cc1ccccc1NC(=O)c1ccc(OCC(=O)Nc2ccc(F)cc2)cc1. The van der Waals surface area contributed by atoms with Crippen molar-refractivity contribution < 1.29 is 18.7 Å². The Labute approximate surface area is 162 Å². The average molecular weight is 378 g/mol. The van der Waals surface area contributed by atoms with Crippen LogP contribution in [0.5, 0.6) is 5.75 Å². The van der Waals surface area contributed by atoms with E-state index in [2.05, 4.69) is 10.6 Å². The van der Waals surface area contributed by atoms with Gasteiger partial charge in [0.2, 0.25) is 0 Å². The maximum Gasteiger partial charge on any atom is 0.262 e. The van der Waals surface area contributed by atoms with Crippen molar-refractivity contribution in [2.24, 2.45) is 0 Å². The first kappa shape index (κ1) is 19.1. The van der Waals surface area contributed by atoms with Crippen LogP contribution in [0.4, 0.5) is 15.8 Å². The highest BCUT2D eigenvalue weighted by Crippen LogP contribution is 2.17. The molecule has 0 bridgehead atoms. The molecule has 0 aromatic heterocycles. The van der Waals surface area contributed by atoms with Gasteiger partial charge in [-0.3, -0.25) is 9.59 Å². The van der Waals surface area contributed by atoms with E-state index in [4.69, 9.17) is 4.74 Å². The lowest BCUT2D eigenvalue weighted by Gasteiger charge is -2.10. The summed E-state index contributed by atoms with van der Waals surface area (Å²) in [7, 11) is 0. The van der Waals surface area contributed by atoms with Gasteiger partial charge in [-0.25, -0.2) is 4.39 Å². The van der Waals surface area contributed by atoms with E-state index in [1.165, 1.54) is 24.3 Å². The highest BCUT2D eigenvalue weighted by Gasteiger charge is 2.09. The molecule has 0 radical (unpaired) electrons. The molecule has 142 valence electrons. The topological polar surface area (TPSA) is 67.4 Å². The number of rotatable bonds is 6. The third-order valence-corrected chi connectivity index (χ3v) is 4.01. The summed E-state index contributed by atoms with van der Waals surface area (Å²) in [4.78, 5) is 24.2. The highest BCUT2D eigenvalue weighted by molar-refractivity contribution is 6.04. The zero-order chi connectivity index (χ0) is 19.9. The zero-order valence-corrected chi connectivity index (χ0v) is 15.2. The van der Waals surface area contributed by atoms with Gasteiger partial charge in [0.15, 0.2) is 6.61 Å². The summed E-state index contributed by atoms with van der Waals surface area (Å²) in [6.07, 6.45) is 0. The summed E-state index contributed by atoms with van der Waals surface area (Å²) in [6, 6.07) is 19.5. The van der Waals surface area contributed by atoms with E-state index in [0.717, 1.165) is 11.3 Å². The smallest absolute Gasteiger partial charge is 0.262 e. The lowest BCUT2D eigenvalue weighted by molar-refractivity contribution is -0.118. The van der Waals surface area contributed by atoms with Crippen LogP contribution < -0.4 is 15.4 Å². The Hall–Kier alpha value is -3.67. The van der Waals surface area contributed by atoms with Gasteiger partial charge in [0.05, 0.1) is 0 Å². The summed E-state index contributed by atoms with van der Waals surface area (Å²) >= 11 is 0. The minimum atomic E-state index is -0.374. The van der Waals surface area contributed by atoms with Gasteiger partial charge in [-0.2, -0.15) is 0 Å². The van der Waals surface area contributed by atoms with Crippen LogP contribution in [0.15, 0.2) is 72.8 Å². The molecule has 0 atom stereocenters. The molecule has 3 aromatic rings. The van der Waals surface area contributed by atoms with E-state index in [9.17, 15) is 14.0 Å². The number of halogens is 1. The van der Waals surface area contributed by atoms with Gasteiger partial charge in [0, 0.05) is 16.9 Å². The third-order valence-electron chi connectivity index (χ3n) is 4.01. The Morgan fingerprint density at radius 2 is 1.57 bits per heavy atom. The molecule has 0 aliphatic heterocycles. The van der Waals surface area contributed by atoms with Gasteiger partial charge in [-0.05, 0) is 67.1 Å². The summed E-state index contributed by atoms with van der Waals surface area (Å²) in [5, 5.41) is 5.46. The summed E-state index contributed by atoms with van der Waals surface area (Å²) in [5.74, 6) is -0.509. The number of nitrogens with one attached hydrogen (secondary N) is 2. The summed E-state index contributed by atoms with van der Waals surface area (Å²) in [5.41, 5.74) is 2.69. The molecular formula is C22H19FN2O3. The number of para-hydroxylation sites is 1. The first-order valence-corrected chi connectivity index (χ1v) is 8.66. The monoisotopic (exact) mass is 378 g/mol. The highest BCUT2D eigenvalue weighted by atomic mass is 19.1. The maximum atomic E-state index is 12.9. The minimum absolute atomic E-state index is 0.202. The lowest BCUT2D eigenvalue weighted by atomic mass is 10.1. The average Bonchev–Trinajstić information content (AvgIpc) is 2.70. The predicted octanol–water partition coefficient (Wildman–Crippen LogP) is 4.40. The largest absolute Gasteiger partial charge is 0.484 e. The third kappa shape index (κ3) is 5.17. The molecule has 0 saturated carbocycles. The normalized spacial score (nSPS) is 10.2. The first-order chi connectivity index (χ1) is 13.5. The van der Waals surface area contributed by atoms with Crippen LogP contribution in [0.2, 0.25) is 0 Å². The minimum Gasteiger partial charge on any atom is -0.484 e. The number of benzene rings is 3. The fourth-order valence-electron chi connectivity index (χ4n) is 2.49. The molecule has 5 nitrogen and oxygen atoms in total. The molecule has 3 rings (SSSR count). The molecule has 0 aliphatic carbocycles. The fraction of sp³-hybridized carbons (Fsp3) is 0.0909. The van der Waals surface area contributed by atoms with E-state index < -0.39 is 0 Å². The van der Waals surface area contributed by atoms with Crippen molar-refractivity contribution in [3.63, 3.8) is 0 Å². The molecule has 0 heterocycles. The Morgan fingerprint density at radius 1 is 0.893 bits per heavy atom. The number of ether oxygens (including phenoxy) is 1. The number of carbonyl (C=O) groups is 2. The van der Waals surface area contributed by atoms with Crippen LogP contribution in [-0.2, 0) is 4.79 Å². The Balaban J connectivity index is 1.52. The second kappa shape index (κ2) is 8.81. The number of hydrogen-bond donors (Lipinski definition) is 2. The second-order valence-electron chi connectivity index (χ2n) is 6.14. The van der Waals surface area contributed by atoms with Crippen LogP contribution >= 0.6 is 0 Å². The molecule has 0 fully saturated rings. The van der Waals surface area contributed by atoms with Crippen molar-refractivity contribution in [3.05, 3.63) is 89.7 Å². The molecule has 2 N–H and O–H groups in total. The van der Waals surface area contributed by atoms with E-state index in [0.29, 0.717) is 17.0 Å². The van der Waals surface area contributed by atoms with Gasteiger partial charge in [-0.1, -0.05) is 18.2 Å². The van der Waals surface area contributed by atoms with E-state index in [-0.39, 0.29) is 24.2 Å². The van der Waals surface area contributed by atoms with Crippen molar-refractivity contribution in [2.45, 2.75) is 6.92 Å². The Morgan fingerprint density at radius 3 is 2.25 bits per heavy atom. The second-order valence-corrected chi connectivity index (χ2v) is 6.14. The number of anilines is 2. The summed E-state index contributed by atoms with van der Waals surface area (Å²) in [6.45, 7) is 1.72. The van der Waals surface area contributed by atoms with Crippen molar-refractivity contribution in [3.8, 4) is 5.75 Å². The van der Waals surface area contributed by atoms with E-state index in [1.807, 2.05) is 31.2 Å². The lowest BCUT2D eigenvalue weighted by Crippen LogP contribution is -2.20. The molecule has 2 amide bonds. The predicted molar refractivity (Wildman–Crippen MR) is 106 cm³/mol. The molecule has 6 heteroatoms.